The van der Waals surface area contributed by atoms with E-state index in [9.17, 15) is 16.8 Å². The summed E-state index contributed by atoms with van der Waals surface area (Å²) < 4.78 is 50.4. The highest BCUT2D eigenvalue weighted by Crippen LogP contribution is 2.34. The molecule has 3 aromatic carbocycles. The van der Waals surface area contributed by atoms with Crippen molar-refractivity contribution < 1.29 is 16.8 Å². The summed E-state index contributed by atoms with van der Waals surface area (Å²) in [6.07, 6.45) is 0. The second-order valence-electron chi connectivity index (χ2n) is 7.25. The standard InChI is InChI=1S/C21H17Cl4N3O4S3/c1-11-7-19(17(25)9-15(11)23)35(31,32)28-27-21(13-3-5-14(22)6-4-13)33-18-10-16(24)12(2)8-20(18)34(26,29)30/h3-10,28H,1-2H3,(H2,26,29,30)/b27-21-. The lowest BCUT2D eigenvalue weighted by Crippen LogP contribution is -2.21. The van der Waals surface area contributed by atoms with E-state index in [1.54, 1.807) is 38.1 Å². The van der Waals surface area contributed by atoms with Gasteiger partial charge in [0.05, 0.1) is 9.92 Å². The third-order valence-corrected chi connectivity index (χ3v) is 9.50. The Labute approximate surface area is 227 Å². The summed E-state index contributed by atoms with van der Waals surface area (Å²) in [7, 11) is -8.36. The summed E-state index contributed by atoms with van der Waals surface area (Å²) in [5.74, 6) is 0. The number of hydrogen-bond acceptors (Lipinski definition) is 6. The average molecular weight is 613 g/mol. The number of thioether (sulfide) groups is 1. The van der Waals surface area contributed by atoms with Gasteiger partial charge in [0.25, 0.3) is 10.0 Å². The van der Waals surface area contributed by atoms with Crippen molar-refractivity contribution >= 4 is 83.3 Å². The summed E-state index contributed by atoms with van der Waals surface area (Å²) in [6.45, 7) is 3.26. The Hall–Kier alpha value is -1.50. The molecule has 0 bridgehead atoms. The first-order valence-corrected chi connectivity index (χ1v) is 14.9. The van der Waals surface area contributed by atoms with Crippen LogP contribution in [0.1, 0.15) is 16.7 Å². The molecule has 3 N–H and O–H groups in total. The van der Waals surface area contributed by atoms with Crippen molar-refractivity contribution in [3.05, 3.63) is 85.3 Å². The smallest absolute Gasteiger partial charge is 0.225 e. The number of nitrogens with two attached hydrogens (primary N) is 1. The first-order chi connectivity index (χ1) is 16.2. The molecule has 0 atom stereocenters. The number of benzene rings is 3. The number of rotatable bonds is 6. The predicted molar refractivity (Wildman–Crippen MR) is 143 cm³/mol. The van der Waals surface area contributed by atoms with E-state index in [0.717, 1.165) is 11.8 Å². The average Bonchev–Trinajstić information content (AvgIpc) is 2.75. The second-order valence-corrected chi connectivity index (χ2v) is 13.1. The van der Waals surface area contributed by atoms with Crippen molar-refractivity contribution in [2.75, 3.05) is 0 Å². The van der Waals surface area contributed by atoms with Crippen molar-refractivity contribution in [2.45, 2.75) is 28.5 Å². The van der Waals surface area contributed by atoms with E-state index in [1.807, 2.05) is 0 Å². The lowest BCUT2D eigenvalue weighted by atomic mass is 10.2. The van der Waals surface area contributed by atoms with Gasteiger partial charge >= 0.3 is 0 Å². The Kier molecular flexibility index (Phi) is 8.71. The topological polar surface area (TPSA) is 119 Å². The quantitative estimate of drug-likeness (QED) is 0.153. The van der Waals surface area contributed by atoms with Crippen molar-refractivity contribution in [3.8, 4) is 0 Å². The molecule has 0 fully saturated rings. The maximum absolute atomic E-state index is 13.0. The molecular formula is C21H17Cl4N3O4S3. The largest absolute Gasteiger partial charge is 0.278 e. The number of halogens is 4. The molecule has 14 heteroatoms. The van der Waals surface area contributed by atoms with Crippen LogP contribution in [0.2, 0.25) is 20.1 Å². The molecule has 3 aromatic rings. The minimum atomic E-state index is -4.22. The van der Waals surface area contributed by atoms with Crippen LogP contribution in [0.25, 0.3) is 0 Å². The Bertz CT molecular complexity index is 1540. The first-order valence-electron chi connectivity index (χ1n) is 9.51. The SMILES string of the molecule is Cc1cc(S(=O)(=O)N/N=C(\Sc2cc(Cl)c(C)cc2S(N)(=O)=O)c2ccc(Cl)cc2)c(Cl)cc1Cl. The van der Waals surface area contributed by atoms with Crippen LogP contribution in [0.5, 0.6) is 0 Å². The highest BCUT2D eigenvalue weighted by Gasteiger charge is 2.22. The molecule has 0 saturated heterocycles. The molecule has 0 amide bonds. The normalized spacial score (nSPS) is 12.6. The lowest BCUT2D eigenvalue weighted by Gasteiger charge is -2.13. The molecule has 0 unspecified atom stereocenters. The Balaban J connectivity index is 2.12. The zero-order valence-corrected chi connectivity index (χ0v) is 23.5. The maximum atomic E-state index is 13.0. The molecule has 0 aliphatic rings. The van der Waals surface area contributed by atoms with Crippen molar-refractivity contribution in [2.24, 2.45) is 10.2 Å². The fourth-order valence-electron chi connectivity index (χ4n) is 2.77. The van der Waals surface area contributed by atoms with E-state index >= 15 is 0 Å². The van der Waals surface area contributed by atoms with E-state index in [2.05, 4.69) is 9.93 Å². The fourth-order valence-corrected chi connectivity index (χ4v) is 6.87. The molecule has 0 aromatic heterocycles. The number of nitrogens with one attached hydrogen (secondary N) is 1. The minimum Gasteiger partial charge on any atom is -0.225 e. The van der Waals surface area contributed by atoms with Crippen LogP contribution in [0, 0.1) is 13.8 Å². The van der Waals surface area contributed by atoms with Gasteiger partial charge in [0.15, 0.2) is 0 Å². The third-order valence-electron chi connectivity index (χ3n) is 4.60. The number of hydrogen-bond donors (Lipinski definition) is 2. The van der Waals surface area contributed by atoms with Crippen molar-refractivity contribution in [1.29, 1.82) is 0 Å². The first kappa shape index (κ1) is 28.1. The summed E-state index contributed by atoms with van der Waals surface area (Å²) in [6, 6.07) is 11.7. The van der Waals surface area contributed by atoms with Crippen molar-refractivity contribution in [1.82, 2.24) is 4.83 Å². The van der Waals surface area contributed by atoms with Crippen LogP contribution in [0.15, 0.2) is 68.3 Å². The molecule has 0 saturated carbocycles. The molecule has 7 nitrogen and oxygen atoms in total. The number of sulfonamides is 2. The van der Waals surface area contributed by atoms with Crippen LogP contribution in [0.4, 0.5) is 0 Å². The Morgan fingerprint density at radius 3 is 1.94 bits per heavy atom. The van der Waals surface area contributed by atoms with Crippen LogP contribution in [-0.2, 0) is 20.0 Å². The van der Waals surface area contributed by atoms with E-state index in [1.165, 1.54) is 24.3 Å². The zero-order chi connectivity index (χ0) is 26.1. The summed E-state index contributed by atoms with van der Waals surface area (Å²) >= 11 is 25.2. The Morgan fingerprint density at radius 1 is 0.829 bits per heavy atom. The number of aryl methyl sites for hydroxylation is 2. The van der Waals surface area contributed by atoms with Gasteiger partial charge in [-0.05, 0) is 61.4 Å². The summed E-state index contributed by atoms with van der Waals surface area (Å²) in [5, 5.41) is 10.5. The van der Waals surface area contributed by atoms with Crippen LogP contribution < -0.4 is 9.97 Å². The van der Waals surface area contributed by atoms with Gasteiger partial charge in [-0.15, -0.1) is 0 Å². The summed E-state index contributed by atoms with van der Waals surface area (Å²) in [4.78, 5) is 1.88. The van der Waals surface area contributed by atoms with Gasteiger partial charge in [-0.1, -0.05) is 70.3 Å². The minimum absolute atomic E-state index is 0.0918. The molecule has 0 aliphatic carbocycles. The van der Waals surface area contributed by atoms with E-state index in [4.69, 9.17) is 51.5 Å². The van der Waals surface area contributed by atoms with E-state index < -0.39 is 20.0 Å². The number of primary sulfonamides is 1. The molecule has 0 spiro atoms. The number of nitrogens with zero attached hydrogens (tertiary/aromatic N) is 1. The van der Waals surface area contributed by atoms with Crippen molar-refractivity contribution in [3.63, 3.8) is 0 Å². The van der Waals surface area contributed by atoms with Gasteiger partial charge in [0.1, 0.15) is 9.94 Å². The molecule has 0 heterocycles. The lowest BCUT2D eigenvalue weighted by molar-refractivity contribution is 0.584. The monoisotopic (exact) mass is 611 g/mol. The van der Waals surface area contributed by atoms with E-state index in [0.29, 0.717) is 31.8 Å². The van der Waals surface area contributed by atoms with Gasteiger partial charge in [0.2, 0.25) is 10.0 Å². The van der Waals surface area contributed by atoms with Crippen LogP contribution in [-0.4, -0.2) is 21.9 Å². The molecule has 35 heavy (non-hydrogen) atoms. The molecular weight excluding hydrogens is 596 g/mol. The highest BCUT2D eigenvalue weighted by atomic mass is 35.5. The van der Waals surface area contributed by atoms with Crippen LogP contribution >= 0.6 is 58.2 Å². The van der Waals surface area contributed by atoms with Gasteiger partial charge in [0, 0.05) is 25.5 Å². The van der Waals surface area contributed by atoms with Gasteiger partial charge in [-0.3, -0.25) is 0 Å². The third kappa shape index (κ3) is 6.84. The molecule has 3 rings (SSSR count). The van der Waals surface area contributed by atoms with Gasteiger partial charge in [-0.25, -0.2) is 13.6 Å². The van der Waals surface area contributed by atoms with E-state index in [-0.39, 0.29) is 24.8 Å². The van der Waals surface area contributed by atoms with Gasteiger partial charge < -0.3 is 0 Å². The molecule has 0 radical (unpaired) electrons. The molecule has 186 valence electrons. The maximum Gasteiger partial charge on any atom is 0.278 e. The highest BCUT2D eigenvalue weighted by molar-refractivity contribution is 8.14. The van der Waals surface area contributed by atoms with Crippen LogP contribution in [0.3, 0.4) is 0 Å². The summed E-state index contributed by atoms with van der Waals surface area (Å²) in [5.41, 5.74) is 1.44. The fraction of sp³-hybridized carbons (Fsp3) is 0.0952. The zero-order valence-electron chi connectivity index (χ0n) is 18.0. The van der Waals surface area contributed by atoms with Gasteiger partial charge in [-0.2, -0.15) is 18.4 Å². The molecule has 0 aliphatic heterocycles. The Morgan fingerprint density at radius 2 is 1.37 bits per heavy atom. The predicted octanol–water partition coefficient (Wildman–Crippen LogP) is 6.00. The second kappa shape index (κ2) is 10.9. The number of hydrazone groups is 1.